The van der Waals surface area contributed by atoms with E-state index in [9.17, 15) is 14.7 Å². The van der Waals surface area contributed by atoms with E-state index >= 15 is 0 Å². The molecule has 8 heteroatoms. The summed E-state index contributed by atoms with van der Waals surface area (Å²) in [5.74, 6) is -0.485. The second-order valence-electron chi connectivity index (χ2n) is 5.01. The lowest BCUT2D eigenvalue weighted by molar-refractivity contribution is -0.114. The van der Waals surface area contributed by atoms with Gasteiger partial charge in [0.15, 0.2) is 11.5 Å². The fraction of sp³-hybridized carbons (Fsp3) is 0.118. The number of hydrogen-bond acceptors (Lipinski definition) is 5. The lowest BCUT2D eigenvalue weighted by Gasteiger charge is -2.07. The maximum Gasteiger partial charge on any atom is 0.271 e. The van der Waals surface area contributed by atoms with E-state index in [1.165, 1.54) is 26.3 Å². The van der Waals surface area contributed by atoms with Gasteiger partial charge in [0, 0.05) is 28.2 Å². The molecule has 0 bridgehead atoms. The summed E-state index contributed by atoms with van der Waals surface area (Å²) < 4.78 is 5.74. The SMILES string of the molecule is COc1cc(Br)cc(C=NNC(=O)c2cccc(NC(C)=O)c2)c1O. The first-order valence-corrected chi connectivity index (χ1v) is 7.97. The molecule has 0 aliphatic carbocycles. The normalized spacial score (nSPS) is 10.5. The molecule has 0 aliphatic heterocycles. The van der Waals surface area contributed by atoms with E-state index in [-0.39, 0.29) is 17.4 Å². The van der Waals surface area contributed by atoms with Crippen LogP contribution in [0.15, 0.2) is 46.0 Å². The van der Waals surface area contributed by atoms with Crippen molar-refractivity contribution in [3.05, 3.63) is 52.0 Å². The Bertz CT molecular complexity index is 837. The number of hydrazone groups is 1. The first-order chi connectivity index (χ1) is 11.9. The van der Waals surface area contributed by atoms with E-state index < -0.39 is 5.91 Å². The quantitative estimate of drug-likeness (QED) is 0.525. The molecule has 0 aromatic heterocycles. The van der Waals surface area contributed by atoms with Crippen LogP contribution in [-0.4, -0.2) is 30.2 Å². The third-order valence-corrected chi connectivity index (χ3v) is 3.56. The maximum absolute atomic E-state index is 12.1. The zero-order valence-electron chi connectivity index (χ0n) is 13.5. The first kappa shape index (κ1) is 18.5. The molecule has 0 unspecified atom stereocenters. The standard InChI is InChI=1S/C17H16BrN3O4/c1-10(22)20-14-5-3-4-11(7-14)17(24)21-19-9-12-6-13(18)8-15(25-2)16(12)23/h3-9,23H,1-2H3,(H,20,22)(H,21,24). The zero-order chi connectivity index (χ0) is 18.4. The molecule has 0 aliphatic rings. The van der Waals surface area contributed by atoms with E-state index in [2.05, 4.69) is 31.8 Å². The maximum atomic E-state index is 12.1. The molecule has 130 valence electrons. The Kier molecular flexibility index (Phi) is 6.13. The topological polar surface area (TPSA) is 100 Å². The highest BCUT2D eigenvalue weighted by Gasteiger charge is 2.09. The Morgan fingerprint density at radius 2 is 2.04 bits per heavy atom. The number of methoxy groups -OCH3 is 1. The molecule has 2 aromatic rings. The van der Waals surface area contributed by atoms with Gasteiger partial charge in [-0.05, 0) is 30.3 Å². The van der Waals surface area contributed by atoms with Crippen LogP contribution >= 0.6 is 15.9 Å². The summed E-state index contributed by atoms with van der Waals surface area (Å²) >= 11 is 3.30. The monoisotopic (exact) mass is 405 g/mol. The van der Waals surface area contributed by atoms with Crippen LogP contribution in [0.3, 0.4) is 0 Å². The Labute approximate surface area is 152 Å². The summed E-state index contributed by atoms with van der Waals surface area (Å²) in [5, 5.41) is 16.5. The highest BCUT2D eigenvalue weighted by molar-refractivity contribution is 9.10. The van der Waals surface area contributed by atoms with E-state index in [0.717, 1.165) is 0 Å². The number of halogens is 1. The number of carbonyl (C=O) groups excluding carboxylic acids is 2. The Morgan fingerprint density at radius 3 is 2.72 bits per heavy atom. The molecule has 0 spiro atoms. The number of benzene rings is 2. The Hall–Kier alpha value is -2.87. The fourth-order valence-corrected chi connectivity index (χ4v) is 2.47. The van der Waals surface area contributed by atoms with Gasteiger partial charge in [0.1, 0.15) is 0 Å². The minimum atomic E-state index is -0.454. The molecule has 2 rings (SSSR count). The van der Waals surface area contributed by atoms with E-state index in [4.69, 9.17) is 4.74 Å². The van der Waals surface area contributed by atoms with Crippen LogP contribution in [0.25, 0.3) is 0 Å². The number of aromatic hydroxyl groups is 1. The molecule has 2 amide bonds. The van der Waals surface area contributed by atoms with Crippen molar-refractivity contribution in [1.82, 2.24) is 5.43 Å². The summed E-state index contributed by atoms with van der Waals surface area (Å²) in [6, 6.07) is 9.69. The number of hydrogen-bond donors (Lipinski definition) is 3. The van der Waals surface area contributed by atoms with Crippen molar-refractivity contribution in [2.75, 3.05) is 12.4 Å². The van der Waals surface area contributed by atoms with Crippen LogP contribution in [0, 0.1) is 0 Å². The molecular weight excluding hydrogens is 390 g/mol. The van der Waals surface area contributed by atoms with Crippen LogP contribution < -0.4 is 15.5 Å². The number of amides is 2. The number of ether oxygens (including phenoxy) is 1. The number of phenols is 1. The lowest BCUT2D eigenvalue weighted by atomic mass is 10.2. The first-order valence-electron chi connectivity index (χ1n) is 7.18. The van der Waals surface area contributed by atoms with Crippen LogP contribution in [0.4, 0.5) is 5.69 Å². The average Bonchev–Trinajstić information content (AvgIpc) is 2.57. The summed E-state index contributed by atoms with van der Waals surface area (Å²) in [6.45, 7) is 1.38. The number of phenolic OH excluding ortho intramolecular Hbond substituents is 1. The predicted octanol–water partition coefficient (Wildman–Crippen LogP) is 2.89. The molecule has 0 radical (unpaired) electrons. The molecule has 3 N–H and O–H groups in total. The van der Waals surface area contributed by atoms with Crippen LogP contribution in [0.5, 0.6) is 11.5 Å². The van der Waals surface area contributed by atoms with Crippen molar-refractivity contribution in [1.29, 1.82) is 0 Å². The van der Waals surface area contributed by atoms with E-state index in [0.29, 0.717) is 21.3 Å². The van der Waals surface area contributed by atoms with Gasteiger partial charge in [0.05, 0.1) is 13.3 Å². The van der Waals surface area contributed by atoms with Gasteiger partial charge in [-0.2, -0.15) is 5.10 Å². The summed E-state index contributed by atoms with van der Waals surface area (Å²) in [7, 11) is 1.44. The lowest BCUT2D eigenvalue weighted by Crippen LogP contribution is -2.18. The van der Waals surface area contributed by atoms with Crippen LogP contribution in [0.2, 0.25) is 0 Å². The smallest absolute Gasteiger partial charge is 0.271 e. The highest BCUT2D eigenvalue weighted by atomic mass is 79.9. The van der Waals surface area contributed by atoms with Gasteiger partial charge in [-0.3, -0.25) is 9.59 Å². The summed E-state index contributed by atoms with van der Waals surface area (Å²) in [4.78, 5) is 23.2. The van der Waals surface area contributed by atoms with Gasteiger partial charge in [0.2, 0.25) is 5.91 Å². The molecule has 0 atom stereocenters. The van der Waals surface area contributed by atoms with Crippen molar-refractivity contribution in [3.8, 4) is 11.5 Å². The van der Waals surface area contributed by atoms with E-state index in [1.807, 2.05) is 0 Å². The van der Waals surface area contributed by atoms with Gasteiger partial charge in [-0.1, -0.05) is 22.0 Å². The summed E-state index contributed by atoms with van der Waals surface area (Å²) in [5.41, 5.74) is 3.58. The van der Waals surface area contributed by atoms with Gasteiger partial charge < -0.3 is 15.2 Å². The molecule has 2 aromatic carbocycles. The largest absolute Gasteiger partial charge is 0.504 e. The third-order valence-electron chi connectivity index (χ3n) is 3.10. The predicted molar refractivity (Wildman–Crippen MR) is 98.2 cm³/mol. The molecular formula is C17H16BrN3O4. The summed E-state index contributed by atoms with van der Waals surface area (Å²) in [6.07, 6.45) is 1.30. The average molecular weight is 406 g/mol. The fourth-order valence-electron chi connectivity index (χ4n) is 2.01. The highest BCUT2D eigenvalue weighted by Crippen LogP contribution is 2.32. The van der Waals surface area contributed by atoms with Gasteiger partial charge in [-0.15, -0.1) is 0 Å². The van der Waals surface area contributed by atoms with Crippen molar-refractivity contribution in [2.45, 2.75) is 6.92 Å². The van der Waals surface area contributed by atoms with Crippen LogP contribution in [0.1, 0.15) is 22.8 Å². The van der Waals surface area contributed by atoms with E-state index in [1.54, 1.807) is 30.3 Å². The van der Waals surface area contributed by atoms with Crippen molar-refractivity contribution in [2.24, 2.45) is 5.10 Å². The molecule has 7 nitrogen and oxygen atoms in total. The number of nitrogens with one attached hydrogen (secondary N) is 2. The van der Waals surface area contributed by atoms with Crippen molar-refractivity contribution in [3.63, 3.8) is 0 Å². The Morgan fingerprint density at radius 1 is 1.28 bits per heavy atom. The van der Waals surface area contributed by atoms with Crippen molar-refractivity contribution < 1.29 is 19.4 Å². The molecule has 0 saturated carbocycles. The zero-order valence-corrected chi connectivity index (χ0v) is 15.1. The second-order valence-corrected chi connectivity index (χ2v) is 5.92. The molecule has 0 heterocycles. The van der Waals surface area contributed by atoms with Gasteiger partial charge >= 0.3 is 0 Å². The number of rotatable bonds is 5. The molecule has 25 heavy (non-hydrogen) atoms. The Balaban J connectivity index is 2.11. The van der Waals surface area contributed by atoms with Crippen molar-refractivity contribution >= 4 is 39.6 Å². The molecule has 0 fully saturated rings. The number of nitrogens with zero attached hydrogens (tertiary/aromatic N) is 1. The van der Waals surface area contributed by atoms with Gasteiger partial charge in [0.25, 0.3) is 5.91 Å². The number of anilines is 1. The van der Waals surface area contributed by atoms with Crippen LogP contribution in [-0.2, 0) is 4.79 Å². The third kappa shape index (κ3) is 5.05. The minimum absolute atomic E-state index is 0.0867. The second kappa shape index (κ2) is 8.29. The minimum Gasteiger partial charge on any atom is -0.504 e. The molecule has 0 saturated heterocycles. The van der Waals surface area contributed by atoms with Gasteiger partial charge in [-0.25, -0.2) is 5.43 Å². The number of carbonyl (C=O) groups is 2.